The van der Waals surface area contributed by atoms with Crippen molar-refractivity contribution in [2.45, 2.75) is 18.9 Å². The number of rotatable bonds is 10. The largest absolute Gasteiger partial charge is 0.497 e. The fraction of sp³-hybridized carbons (Fsp3) is 0.364. The molecule has 28 heavy (non-hydrogen) atoms. The summed E-state index contributed by atoms with van der Waals surface area (Å²) in [7, 11) is 5.59. The van der Waals surface area contributed by atoms with Crippen molar-refractivity contribution in [2.24, 2.45) is 0 Å². The van der Waals surface area contributed by atoms with Gasteiger partial charge in [0.25, 0.3) is 0 Å². The normalized spacial score (nSPS) is 11.7. The van der Waals surface area contributed by atoms with Gasteiger partial charge in [-0.25, -0.2) is 0 Å². The number of methoxy groups -OCH3 is 1. The quantitative estimate of drug-likeness (QED) is 0.660. The monoisotopic (exact) mass is 383 g/mol. The van der Waals surface area contributed by atoms with Crippen LogP contribution >= 0.6 is 0 Å². The molecule has 1 atom stereocenters. The molecule has 0 fully saturated rings. The Labute approximate surface area is 166 Å². The molecular weight excluding hydrogens is 354 g/mol. The highest BCUT2D eigenvalue weighted by Crippen LogP contribution is 2.20. The molecule has 2 amide bonds. The Morgan fingerprint density at radius 3 is 2.25 bits per heavy atom. The summed E-state index contributed by atoms with van der Waals surface area (Å²) in [6.45, 7) is 0.822. The molecule has 0 aromatic heterocycles. The van der Waals surface area contributed by atoms with E-state index in [0.717, 1.165) is 16.9 Å². The zero-order chi connectivity index (χ0) is 20.4. The summed E-state index contributed by atoms with van der Waals surface area (Å²) < 4.78 is 5.19. The molecule has 0 aliphatic heterocycles. The van der Waals surface area contributed by atoms with Gasteiger partial charge in [0.2, 0.25) is 11.8 Å². The molecule has 0 saturated carbocycles. The lowest BCUT2D eigenvalue weighted by atomic mass is 10.1. The van der Waals surface area contributed by atoms with E-state index in [2.05, 4.69) is 15.5 Å². The number of nitrogens with one attached hydrogen (secondary N) is 2. The molecule has 0 saturated heterocycles. The summed E-state index contributed by atoms with van der Waals surface area (Å²) in [6.07, 6.45) is 0.575. The van der Waals surface area contributed by atoms with Gasteiger partial charge in [0.1, 0.15) is 5.75 Å². The summed E-state index contributed by atoms with van der Waals surface area (Å²) in [4.78, 5) is 26.1. The standard InChI is InChI=1S/C22H29N3O3/c1-25(2)20(18-9-11-19(28-3)12-10-18)16-24-21(26)13-14-23-22(27)15-17-7-5-4-6-8-17/h4-12,20H,13-16H2,1-3H3,(H,23,27)(H,24,26). The molecule has 6 nitrogen and oxygen atoms in total. The van der Waals surface area contributed by atoms with Crippen molar-refractivity contribution < 1.29 is 14.3 Å². The molecule has 0 heterocycles. The highest BCUT2D eigenvalue weighted by molar-refractivity contribution is 5.80. The predicted molar refractivity (Wildman–Crippen MR) is 110 cm³/mol. The summed E-state index contributed by atoms with van der Waals surface area (Å²) in [5, 5.41) is 5.74. The fourth-order valence-corrected chi connectivity index (χ4v) is 2.88. The van der Waals surface area contributed by atoms with Gasteiger partial charge < -0.3 is 20.3 Å². The minimum atomic E-state index is -0.0830. The van der Waals surface area contributed by atoms with Gasteiger partial charge in [0.15, 0.2) is 0 Å². The second-order valence-corrected chi connectivity index (χ2v) is 6.82. The Kier molecular flexibility index (Phi) is 8.49. The number of carbonyl (C=O) groups excluding carboxylic acids is 2. The van der Waals surface area contributed by atoms with Crippen LogP contribution in [-0.2, 0) is 16.0 Å². The van der Waals surface area contributed by atoms with Gasteiger partial charge >= 0.3 is 0 Å². The van der Waals surface area contributed by atoms with Gasteiger partial charge in [-0.2, -0.15) is 0 Å². The van der Waals surface area contributed by atoms with Crippen LogP contribution in [0.3, 0.4) is 0 Å². The number of likely N-dealkylation sites (N-methyl/N-ethyl adjacent to an activating group) is 1. The molecule has 0 aliphatic carbocycles. The zero-order valence-corrected chi connectivity index (χ0v) is 16.8. The smallest absolute Gasteiger partial charge is 0.224 e. The van der Waals surface area contributed by atoms with Gasteiger partial charge in [-0.3, -0.25) is 9.59 Å². The lowest BCUT2D eigenvalue weighted by Crippen LogP contribution is -2.36. The van der Waals surface area contributed by atoms with E-state index in [4.69, 9.17) is 4.74 Å². The maximum atomic E-state index is 12.1. The molecule has 2 aromatic carbocycles. The molecule has 2 rings (SSSR count). The molecule has 150 valence electrons. The van der Waals surface area contributed by atoms with E-state index in [9.17, 15) is 9.59 Å². The third-order valence-corrected chi connectivity index (χ3v) is 4.50. The van der Waals surface area contributed by atoms with Crippen LogP contribution in [0.25, 0.3) is 0 Å². The number of hydrogen-bond acceptors (Lipinski definition) is 4. The van der Waals surface area contributed by atoms with Crippen LogP contribution in [0.2, 0.25) is 0 Å². The van der Waals surface area contributed by atoms with Crippen molar-refractivity contribution >= 4 is 11.8 Å². The lowest BCUT2D eigenvalue weighted by Gasteiger charge is -2.25. The second kappa shape index (κ2) is 11.1. The Hall–Kier alpha value is -2.86. The molecule has 2 aromatic rings. The van der Waals surface area contributed by atoms with Crippen LogP contribution in [0.1, 0.15) is 23.6 Å². The zero-order valence-electron chi connectivity index (χ0n) is 16.8. The minimum Gasteiger partial charge on any atom is -0.497 e. The summed E-state index contributed by atoms with van der Waals surface area (Å²) in [5.41, 5.74) is 2.06. The first-order chi connectivity index (χ1) is 13.5. The highest BCUT2D eigenvalue weighted by Gasteiger charge is 2.15. The van der Waals surface area contributed by atoms with E-state index in [1.54, 1.807) is 7.11 Å². The van der Waals surface area contributed by atoms with E-state index in [1.165, 1.54) is 0 Å². The first-order valence-corrected chi connectivity index (χ1v) is 9.37. The first kappa shape index (κ1) is 21.4. The van der Waals surface area contributed by atoms with Gasteiger partial charge in [0, 0.05) is 19.5 Å². The summed E-state index contributed by atoms with van der Waals surface area (Å²) >= 11 is 0. The minimum absolute atomic E-state index is 0.0579. The second-order valence-electron chi connectivity index (χ2n) is 6.82. The Morgan fingerprint density at radius 1 is 0.964 bits per heavy atom. The lowest BCUT2D eigenvalue weighted by molar-refractivity contribution is -0.122. The van der Waals surface area contributed by atoms with Gasteiger partial charge in [-0.05, 0) is 37.4 Å². The number of hydrogen-bond donors (Lipinski definition) is 2. The van der Waals surface area contributed by atoms with E-state index in [-0.39, 0.29) is 24.3 Å². The van der Waals surface area contributed by atoms with Crippen LogP contribution in [-0.4, -0.2) is 51.0 Å². The Bertz CT molecular complexity index is 745. The van der Waals surface area contributed by atoms with Crippen molar-refractivity contribution in [3.8, 4) is 5.75 Å². The maximum absolute atomic E-state index is 12.1. The molecule has 1 unspecified atom stereocenters. The van der Waals surface area contributed by atoms with Crippen molar-refractivity contribution in [3.05, 3.63) is 65.7 Å². The van der Waals surface area contributed by atoms with E-state index >= 15 is 0 Å². The van der Waals surface area contributed by atoms with Gasteiger partial charge in [-0.15, -0.1) is 0 Å². The molecule has 2 N–H and O–H groups in total. The number of nitrogens with zero attached hydrogens (tertiary/aromatic N) is 1. The van der Waals surface area contributed by atoms with Crippen LogP contribution in [0, 0.1) is 0 Å². The summed E-state index contributed by atoms with van der Waals surface area (Å²) in [5.74, 6) is 0.639. The number of amides is 2. The Balaban J connectivity index is 1.74. The molecule has 0 bridgehead atoms. The third-order valence-electron chi connectivity index (χ3n) is 4.50. The number of ether oxygens (including phenoxy) is 1. The highest BCUT2D eigenvalue weighted by atomic mass is 16.5. The molecule has 6 heteroatoms. The van der Waals surface area contributed by atoms with Crippen molar-refractivity contribution in [1.82, 2.24) is 15.5 Å². The van der Waals surface area contributed by atoms with Gasteiger partial charge in [0.05, 0.1) is 19.6 Å². The van der Waals surface area contributed by atoms with E-state index in [1.807, 2.05) is 68.7 Å². The predicted octanol–water partition coefficient (Wildman–Crippen LogP) is 2.16. The first-order valence-electron chi connectivity index (χ1n) is 9.37. The molecule has 0 aliphatic rings. The maximum Gasteiger partial charge on any atom is 0.224 e. The molecule has 0 spiro atoms. The van der Waals surface area contributed by atoms with Crippen molar-refractivity contribution in [1.29, 1.82) is 0 Å². The molecular formula is C22H29N3O3. The van der Waals surface area contributed by atoms with E-state index < -0.39 is 0 Å². The molecule has 0 radical (unpaired) electrons. The van der Waals surface area contributed by atoms with Crippen LogP contribution in [0.4, 0.5) is 0 Å². The van der Waals surface area contributed by atoms with Crippen LogP contribution in [0.5, 0.6) is 5.75 Å². The van der Waals surface area contributed by atoms with Crippen LogP contribution < -0.4 is 15.4 Å². The SMILES string of the molecule is COc1ccc(C(CNC(=O)CCNC(=O)Cc2ccccc2)N(C)C)cc1. The van der Waals surface area contributed by atoms with E-state index in [0.29, 0.717) is 19.5 Å². The summed E-state index contributed by atoms with van der Waals surface area (Å²) in [6, 6.07) is 17.4. The number of benzene rings is 2. The average molecular weight is 383 g/mol. The fourth-order valence-electron chi connectivity index (χ4n) is 2.88. The third kappa shape index (κ3) is 7.04. The van der Waals surface area contributed by atoms with Crippen LogP contribution in [0.15, 0.2) is 54.6 Å². The Morgan fingerprint density at radius 2 is 1.64 bits per heavy atom. The van der Waals surface area contributed by atoms with Crippen molar-refractivity contribution in [2.75, 3.05) is 34.3 Å². The average Bonchev–Trinajstić information content (AvgIpc) is 2.69. The number of carbonyl (C=O) groups is 2. The van der Waals surface area contributed by atoms with Crippen molar-refractivity contribution in [3.63, 3.8) is 0 Å². The van der Waals surface area contributed by atoms with Gasteiger partial charge in [-0.1, -0.05) is 42.5 Å². The topological polar surface area (TPSA) is 70.7 Å².